The minimum absolute atomic E-state index is 0.582. The van der Waals surface area contributed by atoms with Gasteiger partial charge < -0.3 is 0 Å². The quantitative estimate of drug-likeness (QED) is 0.0429. The van der Waals surface area contributed by atoms with Crippen molar-refractivity contribution in [3.8, 4) is 0 Å². The Balaban J connectivity index is 4.19. The highest BCUT2D eigenvalue weighted by Gasteiger charge is 2.22. The Morgan fingerprint density at radius 1 is 0.222 bits per heavy atom. The normalized spacial score (nSPS) is 13.3. The highest BCUT2D eigenvalue weighted by molar-refractivity contribution is 4.83. The van der Waals surface area contributed by atoms with E-state index in [1.807, 2.05) is 0 Å². The van der Waals surface area contributed by atoms with Gasteiger partial charge >= 0.3 is 0 Å². The zero-order chi connectivity index (χ0) is 39.1. The van der Waals surface area contributed by atoms with Crippen molar-refractivity contribution in [1.82, 2.24) is 0 Å². The van der Waals surface area contributed by atoms with E-state index in [9.17, 15) is 0 Å². The van der Waals surface area contributed by atoms with Crippen molar-refractivity contribution < 1.29 is 0 Å². The molecule has 0 aromatic rings. The van der Waals surface area contributed by atoms with Crippen molar-refractivity contribution in [2.24, 2.45) is 5.41 Å². The second-order valence-corrected chi connectivity index (χ2v) is 18.2. The molecule has 0 saturated heterocycles. The Hall–Kier alpha value is -0.780. The van der Waals surface area contributed by atoms with Crippen LogP contribution in [0.25, 0.3) is 0 Å². The molecular formula is C54H104. The summed E-state index contributed by atoms with van der Waals surface area (Å²) in [4.78, 5) is 0. The van der Waals surface area contributed by atoms with Gasteiger partial charge in [0.25, 0.3) is 0 Å². The molecule has 0 unspecified atom stereocenters. The molecular weight excluding hydrogens is 649 g/mol. The Labute approximate surface area is 344 Å². The smallest absolute Gasteiger partial charge is 0.0326 e. The lowest BCUT2D eigenvalue weighted by molar-refractivity contribution is 0.222. The molecule has 0 radical (unpaired) electrons. The van der Waals surface area contributed by atoms with Crippen LogP contribution in [0.3, 0.4) is 0 Å². The van der Waals surface area contributed by atoms with Crippen LogP contribution >= 0.6 is 0 Å². The first-order valence-electron chi connectivity index (χ1n) is 25.6. The maximum Gasteiger partial charge on any atom is -0.0326 e. The fourth-order valence-corrected chi connectivity index (χ4v) is 8.42. The number of hydrogen-bond donors (Lipinski definition) is 0. The molecule has 0 aliphatic rings. The van der Waals surface area contributed by atoms with Gasteiger partial charge in [0, 0.05) is 0 Å². The van der Waals surface area contributed by atoms with Crippen molar-refractivity contribution in [3.63, 3.8) is 0 Å². The van der Waals surface area contributed by atoms with E-state index < -0.39 is 0 Å². The van der Waals surface area contributed by atoms with E-state index in [1.165, 1.54) is 276 Å². The predicted octanol–water partition coefficient (Wildman–Crippen LogP) is 20.5. The molecule has 0 aliphatic heterocycles. The van der Waals surface area contributed by atoms with E-state index in [4.69, 9.17) is 0 Å². The predicted molar refractivity (Wildman–Crippen MR) is 251 cm³/mol. The van der Waals surface area contributed by atoms with Crippen molar-refractivity contribution in [2.45, 2.75) is 304 Å². The van der Waals surface area contributed by atoms with E-state index in [2.05, 4.69) is 64.2 Å². The fraction of sp³-hybridized carbons (Fsp3) is 0.889. The molecule has 0 aromatic carbocycles. The molecule has 0 heterocycles. The van der Waals surface area contributed by atoms with Crippen LogP contribution < -0.4 is 0 Å². The van der Waals surface area contributed by atoms with E-state index in [1.54, 1.807) is 0 Å². The van der Waals surface area contributed by atoms with E-state index >= 15 is 0 Å². The highest BCUT2D eigenvalue weighted by Crippen LogP contribution is 2.37. The molecule has 0 nitrogen and oxygen atoms in total. The van der Waals surface area contributed by atoms with Crippen LogP contribution in [0.5, 0.6) is 0 Å². The molecule has 0 saturated carbocycles. The van der Waals surface area contributed by atoms with Gasteiger partial charge in [-0.25, -0.2) is 0 Å². The highest BCUT2D eigenvalue weighted by atomic mass is 14.3. The third-order valence-electron chi connectivity index (χ3n) is 12.4. The lowest BCUT2D eigenvalue weighted by Gasteiger charge is -2.30. The molecule has 0 atom stereocenters. The van der Waals surface area contributed by atoms with E-state index in [0.29, 0.717) is 5.41 Å². The molecule has 320 valence electrons. The third kappa shape index (κ3) is 43.9. The zero-order valence-electron chi connectivity index (χ0n) is 38.4. The maximum absolute atomic E-state index is 2.67. The minimum Gasteiger partial charge on any atom is -0.0885 e. The summed E-state index contributed by atoms with van der Waals surface area (Å²) >= 11 is 0. The Morgan fingerprint density at radius 2 is 0.389 bits per heavy atom. The van der Waals surface area contributed by atoms with Crippen molar-refractivity contribution in [3.05, 3.63) is 36.5 Å². The van der Waals surface area contributed by atoms with Gasteiger partial charge in [0.1, 0.15) is 0 Å². The Kier molecular flexibility index (Phi) is 45.9. The summed E-state index contributed by atoms with van der Waals surface area (Å²) in [6.45, 7) is 9.60. The standard InChI is InChI=1S/C54H104/c1-5-8-11-14-17-20-23-26-29-31-34-37-40-43-46-49-52-54(4,51-48-45-42-39-36-33-28-25-22-19-16-13-10-7-3)53-50-47-44-41-38-35-32-30-27-24-21-18-15-12-9-6-2/h26-30,33H,5-25,31-32,34-53H2,1-4H3. The van der Waals surface area contributed by atoms with Crippen LogP contribution in [-0.4, -0.2) is 0 Å². The van der Waals surface area contributed by atoms with Crippen LogP contribution in [0.4, 0.5) is 0 Å². The van der Waals surface area contributed by atoms with Crippen LogP contribution in [0.15, 0.2) is 36.5 Å². The zero-order valence-corrected chi connectivity index (χ0v) is 38.4. The number of hydrogen-bond acceptors (Lipinski definition) is 0. The SMILES string of the molecule is CCCCCCCCC=CCCCCCCCCC(C)(CCCCCCC=CCCCCCCCC)CCCCCCCCC=CCCCCCCCC. The van der Waals surface area contributed by atoms with Gasteiger partial charge in [0.2, 0.25) is 0 Å². The van der Waals surface area contributed by atoms with Gasteiger partial charge in [-0.05, 0) is 102 Å². The molecule has 0 fully saturated rings. The van der Waals surface area contributed by atoms with Gasteiger partial charge in [-0.3, -0.25) is 0 Å². The first-order valence-corrected chi connectivity index (χ1v) is 25.6. The molecule has 0 aromatic heterocycles. The number of allylic oxidation sites excluding steroid dienone is 6. The van der Waals surface area contributed by atoms with Crippen LogP contribution in [-0.2, 0) is 0 Å². The van der Waals surface area contributed by atoms with Gasteiger partial charge in [-0.15, -0.1) is 0 Å². The molecule has 0 spiro atoms. The average molecular weight is 753 g/mol. The summed E-state index contributed by atoms with van der Waals surface area (Å²) in [5, 5.41) is 0. The van der Waals surface area contributed by atoms with Crippen LogP contribution in [0.2, 0.25) is 0 Å². The third-order valence-corrected chi connectivity index (χ3v) is 12.4. The van der Waals surface area contributed by atoms with Gasteiger partial charge in [0.05, 0.1) is 0 Å². The number of unbranched alkanes of at least 4 members (excludes halogenated alkanes) is 34. The lowest BCUT2D eigenvalue weighted by Crippen LogP contribution is -2.16. The monoisotopic (exact) mass is 753 g/mol. The molecule has 0 heteroatoms. The summed E-state index contributed by atoms with van der Waals surface area (Å²) in [7, 11) is 0. The van der Waals surface area contributed by atoms with Crippen molar-refractivity contribution in [2.75, 3.05) is 0 Å². The molecule has 0 amide bonds. The minimum atomic E-state index is 0.582. The van der Waals surface area contributed by atoms with Crippen molar-refractivity contribution >= 4 is 0 Å². The molecule has 0 aliphatic carbocycles. The summed E-state index contributed by atoms with van der Waals surface area (Å²) in [5.41, 5.74) is 0.582. The first-order chi connectivity index (χ1) is 26.7. The molecule has 54 heavy (non-hydrogen) atoms. The van der Waals surface area contributed by atoms with Crippen LogP contribution in [0.1, 0.15) is 304 Å². The largest absolute Gasteiger partial charge is 0.0885 e. The second kappa shape index (κ2) is 46.6. The van der Waals surface area contributed by atoms with E-state index in [0.717, 1.165) is 0 Å². The number of rotatable bonds is 46. The Morgan fingerprint density at radius 3 is 0.593 bits per heavy atom. The second-order valence-electron chi connectivity index (χ2n) is 18.2. The Bertz CT molecular complexity index is 712. The summed E-state index contributed by atoms with van der Waals surface area (Å²) in [6.07, 6.45) is 75.6. The summed E-state index contributed by atoms with van der Waals surface area (Å²) in [6, 6.07) is 0. The van der Waals surface area contributed by atoms with Gasteiger partial charge in [0.15, 0.2) is 0 Å². The lowest BCUT2D eigenvalue weighted by atomic mass is 9.75. The summed E-state index contributed by atoms with van der Waals surface area (Å²) < 4.78 is 0. The van der Waals surface area contributed by atoms with Gasteiger partial charge in [-0.1, -0.05) is 244 Å². The van der Waals surface area contributed by atoms with E-state index in [-0.39, 0.29) is 0 Å². The van der Waals surface area contributed by atoms with Crippen molar-refractivity contribution in [1.29, 1.82) is 0 Å². The fourth-order valence-electron chi connectivity index (χ4n) is 8.42. The summed E-state index contributed by atoms with van der Waals surface area (Å²) in [5.74, 6) is 0. The molecule has 0 rings (SSSR count). The first kappa shape index (κ1) is 53.2. The van der Waals surface area contributed by atoms with Gasteiger partial charge in [-0.2, -0.15) is 0 Å². The van der Waals surface area contributed by atoms with Crippen LogP contribution in [0, 0.1) is 5.41 Å². The average Bonchev–Trinajstić information content (AvgIpc) is 3.17. The molecule has 0 bridgehead atoms. The topological polar surface area (TPSA) is 0 Å². The molecule has 0 N–H and O–H groups in total. The maximum atomic E-state index is 2.67.